The highest BCUT2D eigenvalue weighted by atomic mass is 32.2. The van der Waals surface area contributed by atoms with Crippen LogP contribution < -0.4 is 5.30 Å². The molecule has 2 nitrogen and oxygen atoms in total. The predicted molar refractivity (Wildman–Crippen MR) is 137 cm³/mol. The Morgan fingerprint density at radius 1 is 1.00 bits per heavy atom. The molecule has 154 valence electrons. The van der Waals surface area contributed by atoms with Gasteiger partial charge in [-0.05, 0) is 47.8 Å². The Labute approximate surface area is 192 Å². The van der Waals surface area contributed by atoms with Gasteiger partial charge in [-0.15, -0.1) is 31.9 Å². The first-order chi connectivity index (χ1) is 14.5. The zero-order valence-electron chi connectivity index (χ0n) is 16.7. The fraction of sp³-hybridized carbons (Fsp3) is 0.167. The van der Waals surface area contributed by atoms with Gasteiger partial charge in [-0.1, -0.05) is 55.6 Å². The third kappa shape index (κ3) is 5.89. The van der Waals surface area contributed by atoms with Crippen molar-refractivity contribution in [3.8, 4) is 0 Å². The standard InChI is InChI=1S/C24H23O2PS3/c1-3-5-20(28-4-2)21-14-15-23(30-21)24(26)22-13-11-18(29-22)10-12-19(25)16-6-8-17(27)9-7-16/h4-9,11,13-15H,2-3,10,12,27H2,1H3/b20-5-. The molecule has 0 radical (unpaired) electrons. The number of carbonyl (C=O) groups excluding carboxylic acids is 2. The Morgan fingerprint density at radius 2 is 1.67 bits per heavy atom. The van der Waals surface area contributed by atoms with Crippen molar-refractivity contribution in [1.29, 1.82) is 0 Å². The molecule has 1 aromatic carbocycles. The SMILES string of the molecule is C=CS/C(=C\CC)c1ccc(C(=O)c2ccc(CCC(=O)c3ccc(P)cc3)s2)s1. The molecular weight excluding hydrogens is 447 g/mol. The van der Waals surface area contributed by atoms with Gasteiger partial charge in [-0.25, -0.2) is 0 Å². The Hall–Kier alpha value is -1.78. The van der Waals surface area contributed by atoms with E-state index in [4.69, 9.17) is 0 Å². The molecule has 0 amide bonds. The molecule has 0 saturated carbocycles. The summed E-state index contributed by atoms with van der Waals surface area (Å²) in [5, 5.41) is 2.87. The molecule has 0 N–H and O–H groups in total. The van der Waals surface area contributed by atoms with Crippen LogP contribution in [0.15, 0.2) is 66.6 Å². The van der Waals surface area contributed by atoms with Crippen LogP contribution in [-0.4, -0.2) is 11.6 Å². The fourth-order valence-electron chi connectivity index (χ4n) is 2.88. The summed E-state index contributed by atoms with van der Waals surface area (Å²) in [4.78, 5) is 30.0. The second-order valence-corrected chi connectivity index (χ2v) is 10.5. The van der Waals surface area contributed by atoms with Crippen molar-refractivity contribution < 1.29 is 9.59 Å². The molecule has 0 spiro atoms. The smallest absolute Gasteiger partial charge is 0.212 e. The monoisotopic (exact) mass is 470 g/mol. The number of allylic oxidation sites excluding steroid dienone is 1. The fourth-order valence-corrected chi connectivity index (χ4v) is 5.89. The van der Waals surface area contributed by atoms with E-state index in [2.05, 4.69) is 28.8 Å². The summed E-state index contributed by atoms with van der Waals surface area (Å²) in [5.41, 5.74) is 0.730. The number of thiophene rings is 2. The Kier molecular flexibility index (Phi) is 8.41. The summed E-state index contributed by atoms with van der Waals surface area (Å²) in [5.74, 6) is 0.170. The van der Waals surface area contributed by atoms with Crippen LogP contribution in [0.4, 0.5) is 0 Å². The van der Waals surface area contributed by atoms with Gasteiger partial charge in [0.05, 0.1) is 9.75 Å². The maximum atomic E-state index is 12.9. The third-order valence-corrected chi connectivity index (χ3v) is 7.97. The van der Waals surface area contributed by atoms with Crippen LogP contribution in [0.2, 0.25) is 0 Å². The minimum atomic E-state index is 0.0457. The number of ketones is 2. The first kappa shape index (κ1) is 22.9. The van der Waals surface area contributed by atoms with Crippen molar-refractivity contribution in [1.82, 2.24) is 0 Å². The summed E-state index contributed by atoms with van der Waals surface area (Å²) in [6.07, 6.45) is 4.18. The van der Waals surface area contributed by atoms with E-state index >= 15 is 0 Å². The van der Waals surface area contributed by atoms with Crippen molar-refractivity contribution >= 4 is 65.5 Å². The maximum absolute atomic E-state index is 12.9. The molecule has 0 saturated heterocycles. The van der Waals surface area contributed by atoms with Crippen molar-refractivity contribution in [2.45, 2.75) is 26.2 Å². The average molecular weight is 471 g/mol. The minimum absolute atomic E-state index is 0.0457. The van der Waals surface area contributed by atoms with Gasteiger partial charge in [0.1, 0.15) is 0 Å². The first-order valence-corrected chi connectivity index (χ1v) is 12.7. The third-order valence-electron chi connectivity index (χ3n) is 4.39. The van der Waals surface area contributed by atoms with E-state index in [9.17, 15) is 9.59 Å². The lowest BCUT2D eigenvalue weighted by Gasteiger charge is -2.01. The molecule has 1 atom stereocenters. The Bertz CT molecular complexity index is 1070. The Morgan fingerprint density at radius 3 is 2.37 bits per heavy atom. The lowest BCUT2D eigenvalue weighted by Crippen LogP contribution is -2.02. The Balaban J connectivity index is 1.65. The molecular formula is C24H23O2PS3. The van der Waals surface area contributed by atoms with E-state index < -0.39 is 0 Å². The molecule has 0 bridgehead atoms. The van der Waals surface area contributed by atoms with Crippen LogP contribution in [0.5, 0.6) is 0 Å². The predicted octanol–water partition coefficient (Wildman–Crippen LogP) is 6.98. The van der Waals surface area contributed by atoms with Gasteiger partial charge in [0.2, 0.25) is 5.78 Å². The van der Waals surface area contributed by atoms with Crippen molar-refractivity contribution in [2.75, 3.05) is 0 Å². The van der Waals surface area contributed by atoms with Crippen LogP contribution in [0.3, 0.4) is 0 Å². The first-order valence-electron chi connectivity index (χ1n) is 9.62. The van der Waals surface area contributed by atoms with Gasteiger partial charge in [0.25, 0.3) is 0 Å². The highest BCUT2D eigenvalue weighted by Crippen LogP contribution is 2.35. The highest BCUT2D eigenvalue weighted by molar-refractivity contribution is 8.11. The molecule has 3 rings (SSSR count). The van der Waals surface area contributed by atoms with E-state index in [0.29, 0.717) is 12.8 Å². The van der Waals surface area contributed by atoms with Crippen LogP contribution in [0, 0.1) is 0 Å². The number of aryl methyl sites for hydroxylation is 1. The quantitative estimate of drug-likeness (QED) is 0.237. The summed E-state index contributed by atoms with van der Waals surface area (Å²) in [6, 6.07) is 15.3. The van der Waals surface area contributed by atoms with Crippen molar-refractivity contribution in [3.05, 3.63) is 91.7 Å². The summed E-state index contributed by atoms with van der Waals surface area (Å²) in [7, 11) is 2.62. The molecule has 0 aliphatic rings. The molecule has 2 aromatic heterocycles. The molecule has 30 heavy (non-hydrogen) atoms. The number of hydrogen-bond acceptors (Lipinski definition) is 5. The van der Waals surface area contributed by atoms with E-state index in [0.717, 1.165) is 41.7 Å². The number of carbonyl (C=O) groups is 2. The number of rotatable bonds is 10. The van der Waals surface area contributed by atoms with Crippen LogP contribution in [-0.2, 0) is 6.42 Å². The molecule has 2 heterocycles. The minimum Gasteiger partial charge on any atom is -0.294 e. The molecule has 1 unspecified atom stereocenters. The van der Waals surface area contributed by atoms with Gasteiger partial charge in [-0.3, -0.25) is 9.59 Å². The molecule has 0 fully saturated rings. The van der Waals surface area contributed by atoms with Crippen molar-refractivity contribution in [3.63, 3.8) is 0 Å². The van der Waals surface area contributed by atoms with E-state index in [1.54, 1.807) is 11.8 Å². The maximum Gasteiger partial charge on any atom is 0.212 e. The summed E-state index contributed by atoms with van der Waals surface area (Å²) >= 11 is 4.57. The van der Waals surface area contributed by atoms with Gasteiger partial charge in [-0.2, -0.15) is 0 Å². The second kappa shape index (κ2) is 11.0. The molecule has 3 aromatic rings. The highest BCUT2D eigenvalue weighted by Gasteiger charge is 2.16. The average Bonchev–Trinajstić information content (AvgIpc) is 3.42. The zero-order chi connectivity index (χ0) is 21.5. The van der Waals surface area contributed by atoms with Crippen LogP contribution in [0.1, 0.15) is 54.4 Å². The lowest BCUT2D eigenvalue weighted by atomic mass is 10.1. The molecule has 0 aliphatic carbocycles. The number of hydrogen-bond donors (Lipinski definition) is 0. The number of benzene rings is 1. The molecule has 0 aliphatic heterocycles. The summed E-state index contributed by atoms with van der Waals surface area (Å²) < 4.78 is 0. The van der Waals surface area contributed by atoms with Gasteiger partial charge in [0.15, 0.2) is 5.78 Å². The van der Waals surface area contributed by atoms with Crippen LogP contribution in [0.25, 0.3) is 4.91 Å². The zero-order valence-corrected chi connectivity index (χ0v) is 20.3. The van der Waals surface area contributed by atoms with E-state index in [-0.39, 0.29) is 11.6 Å². The van der Waals surface area contributed by atoms with E-state index in [1.807, 2.05) is 53.9 Å². The van der Waals surface area contributed by atoms with Gasteiger partial charge < -0.3 is 0 Å². The molecule has 6 heteroatoms. The number of thioether (sulfide) groups is 1. The van der Waals surface area contributed by atoms with Crippen molar-refractivity contribution in [2.24, 2.45) is 0 Å². The largest absolute Gasteiger partial charge is 0.294 e. The van der Waals surface area contributed by atoms with Gasteiger partial charge in [0, 0.05) is 26.6 Å². The summed E-state index contributed by atoms with van der Waals surface area (Å²) in [6.45, 7) is 5.89. The lowest BCUT2D eigenvalue weighted by molar-refractivity contribution is 0.0982. The second-order valence-electron chi connectivity index (χ2n) is 6.57. The topological polar surface area (TPSA) is 34.1 Å². The number of Topliss-reactive ketones (excluding diaryl/α,β-unsaturated/α-hetero) is 1. The van der Waals surface area contributed by atoms with Gasteiger partial charge >= 0.3 is 0 Å². The van der Waals surface area contributed by atoms with Crippen LogP contribution >= 0.6 is 43.7 Å². The van der Waals surface area contributed by atoms with E-state index in [1.165, 1.54) is 22.7 Å². The normalized spacial score (nSPS) is 11.5.